The van der Waals surface area contributed by atoms with Crippen molar-refractivity contribution in [2.45, 2.75) is 25.9 Å². The van der Waals surface area contributed by atoms with Crippen LogP contribution in [0.15, 0.2) is 64.8 Å². The number of rotatable bonds is 6. The predicted octanol–water partition coefficient (Wildman–Crippen LogP) is 3.52. The molecule has 2 atom stereocenters. The number of aliphatic hydroxyl groups is 1. The molecule has 8 heteroatoms. The van der Waals surface area contributed by atoms with Gasteiger partial charge in [0.05, 0.1) is 24.0 Å². The van der Waals surface area contributed by atoms with Crippen molar-refractivity contribution >= 4 is 23.1 Å². The molecule has 0 saturated heterocycles. The van der Waals surface area contributed by atoms with Crippen LogP contribution in [0.3, 0.4) is 0 Å². The maximum absolute atomic E-state index is 13.3. The molecule has 0 fully saturated rings. The fraction of sp³-hybridized carbons (Fsp3) is 0.304. The van der Waals surface area contributed by atoms with Crippen LogP contribution in [0.2, 0.25) is 0 Å². The van der Waals surface area contributed by atoms with Crippen LogP contribution in [0.1, 0.15) is 17.0 Å². The van der Waals surface area contributed by atoms with E-state index in [0.717, 1.165) is 10.6 Å². The molecule has 0 unspecified atom stereocenters. The summed E-state index contributed by atoms with van der Waals surface area (Å²) in [5.41, 5.74) is 1.41. The van der Waals surface area contributed by atoms with Gasteiger partial charge in [0, 0.05) is 24.4 Å². The lowest BCUT2D eigenvalue weighted by Gasteiger charge is -2.28. The molecular weight excluding hydrogens is 412 g/mol. The Morgan fingerprint density at radius 1 is 1.23 bits per heavy atom. The van der Waals surface area contributed by atoms with Crippen LogP contribution in [-0.4, -0.2) is 38.0 Å². The van der Waals surface area contributed by atoms with Crippen molar-refractivity contribution in [2.24, 2.45) is 13.0 Å². The van der Waals surface area contributed by atoms with Gasteiger partial charge in [0.15, 0.2) is 0 Å². The Morgan fingerprint density at radius 2 is 2.00 bits per heavy atom. The van der Waals surface area contributed by atoms with Gasteiger partial charge in [-0.15, -0.1) is 11.3 Å². The van der Waals surface area contributed by atoms with Gasteiger partial charge in [-0.25, -0.2) is 9.48 Å². The first-order chi connectivity index (χ1) is 15.0. The van der Waals surface area contributed by atoms with Crippen molar-refractivity contribution < 1.29 is 9.90 Å². The van der Waals surface area contributed by atoms with Gasteiger partial charge in [-0.3, -0.25) is 9.48 Å². The van der Waals surface area contributed by atoms with E-state index in [1.807, 2.05) is 66.9 Å². The summed E-state index contributed by atoms with van der Waals surface area (Å²) in [7, 11) is 1.80. The van der Waals surface area contributed by atoms with Crippen LogP contribution in [0.4, 0.5) is 10.5 Å². The lowest BCUT2D eigenvalue weighted by Crippen LogP contribution is -2.41. The zero-order valence-corrected chi connectivity index (χ0v) is 18.4. The van der Waals surface area contributed by atoms with E-state index in [1.54, 1.807) is 32.6 Å². The van der Waals surface area contributed by atoms with Gasteiger partial charge in [0.25, 0.3) is 5.56 Å². The Kier molecular flexibility index (Phi) is 6.11. The molecule has 1 aromatic carbocycles. The second kappa shape index (κ2) is 8.95. The van der Waals surface area contributed by atoms with Crippen LogP contribution in [0.5, 0.6) is 0 Å². The SMILES string of the molecule is Cc1c(NC(=O)N(Cc2cccs2)[C@@H]2C=C[C@H](CO)C2)c(=O)n(-c2ccccc2)n1C. The number of aliphatic hydroxyl groups excluding tert-OH is 1. The summed E-state index contributed by atoms with van der Waals surface area (Å²) in [5, 5.41) is 14.3. The Labute approximate surface area is 184 Å². The summed E-state index contributed by atoms with van der Waals surface area (Å²) in [6.45, 7) is 2.31. The number of thiophene rings is 1. The molecule has 0 saturated carbocycles. The molecule has 1 aliphatic carbocycles. The number of carbonyl (C=O) groups is 1. The zero-order valence-electron chi connectivity index (χ0n) is 17.6. The standard InChI is InChI=1S/C23H26N4O3S/c1-16-21(22(29)27(25(16)2)18-7-4-3-5-8-18)24-23(30)26(14-20-9-6-12-31-20)19-11-10-17(13-19)15-28/h3-12,17,19,28H,13-15H2,1-2H3,(H,24,30)/t17-,19+/m0/s1. The Bertz CT molecular complexity index is 1130. The highest BCUT2D eigenvalue weighted by Gasteiger charge is 2.29. The predicted molar refractivity (Wildman–Crippen MR) is 123 cm³/mol. The number of nitrogens with one attached hydrogen (secondary N) is 1. The third-order valence-corrected chi connectivity index (χ3v) is 6.60. The first-order valence-electron chi connectivity index (χ1n) is 10.2. The molecule has 0 bridgehead atoms. The molecule has 31 heavy (non-hydrogen) atoms. The minimum atomic E-state index is -0.326. The molecule has 7 nitrogen and oxygen atoms in total. The molecule has 2 amide bonds. The first-order valence-corrected chi connectivity index (χ1v) is 11.1. The molecule has 0 spiro atoms. The summed E-state index contributed by atoms with van der Waals surface area (Å²) < 4.78 is 3.29. The van der Waals surface area contributed by atoms with Crippen molar-refractivity contribution in [1.82, 2.24) is 14.3 Å². The van der Waals surface area contributed by atoms with Gasteiger partial charge in [-0.05, 0) is 36.9 Å². The topological polar surface area (TPSA) is 79.5 Å². The van der Waals surface area contributed by atoms with E-state index >= 15 is 0 Å². The third kappa shape index (κ3) is 4.22. The number of para-hydroxylation sites is 1. The quantitative estimate of drug-likeness (QED) is 0.578. The number of urea groups is 1. The number of anilines is 1. The summed E-state index contributed by atoms with van der Waals surface area (Å²) in [4.78, 5) is 29.3. The maximum atomic E-state index is 13.3. The van der Waals surface area contributed by atoms with Crippen LogP contribution in [0.25, 0.3) is 5.69 Å². The molecule has 3 aromatic rings. The van der Waals surface area contributed by atoms with Crippen LogP contribution < -0.4 is 10.9 Å². The largest absolute Gasteiger partial charge is 0.396 e. The molecule has 0 radical (unpaired) electrons. The van der Waals surface area contributed by atoms with Gasteiger partial charge in [-0.2, -0.15) is 0 Å². The second-order valence-electron chi connectivity index (χ2n) is 7.70. The minimum absolute atomic E-state index is 0.0393. The number of hydrogen-bond donors (Lipinski definition) is 2. The van der Waals surface area contributed by atoms with Crippen LogP contribution >= 0.6 is 11.3 Å². The van der Waals surface area contributed by atoms with Crippen molar-refractivity contribution in [1.29, 1.82) is 0 Å². The normalized spacial score (nSPS) is 17.8. The van der Waals surface area contributed by atoms with Crippen LogP contribution in [-0.2, 0) is 13.6 Å². The summed E-state index contributed by atoms with van der Waals surface area (Å²) >= 11 is 1.59. The molecule has 4 rings (SSSR count). The van der Waals surface area contributed by atoms with E-state index in [1.165, 1.54) is 0 Å². The summed E-state index contributed by atoms with van der Waals surface area (Å²) in [6, 6.07) is 12.8. The summed E-state index contributed by atoms with van der Waals surface area (Å²) in [5.74, 6) is 0.0393. The molecule has 1 aliphatic rings. The first kappa shape index (κ1) is 21.1. The average molecular weight is 439 g/mol. The van der Waals surface area contributed by atoms with E-state index in [-0.39, 0.29) is 35.8 Å². The van der Waals surface area contributed by atoms with E-state index in [4.69, 9.17) is 0 Å². The number of aromatic nitrogens is 2. The highest BCUT2D eigenvalue weighted by molar-refractivity contribution is 7.09. The molecular formula is C23H26N4O3S. The highest BCUT2D eigenvalue weighted by atomic mass is 32.1. The van der Waals surface area contributed by atoms with Crippen LogP contribution in [0, 0.1) is 12.8 Å². The molecule has 0 aliphatic heterocycles. The van der Waals surface area contributed by atoms with Crippen molar-refractivity contribution in [3.63, 3.8) is 0 Å². The van der Waals surface area contributed by atoms with Gasteiger partial charge in [-0.1, -0.05) is 36.4 Å². The van der Waals surface area contributed by atoms with E-state index in [0.29, 0.717) is 18.7 Å². The number of amides is 2. The van der Waals surface area contributed by atoms with Crippen molar-refractivity contribution in [3.8, 4) is 5.69 Å². The molecule has 2 aromatic heterocycles. The summed E-state index contributed by atoms with van der Waals surface area (Å²) in [6.07, 6.45) is 4.58. The van der Waals surface area contributed by atoms with Gasteiger partial charge in [0.1, 0.15) is 5.69 Å². The molecule has 2 N–H and O–H groups in total. The van der Waals surface area contributed by atoms with Gasteiger partial charge in [0.2, 0.25) is 0 Å². The van der Waals surface area contributed by atoms with E-state index < -0.39 is 0 Å². The van der Waals surface area contributed by atoms with Gasteiger partial charge < -0.3 is 15.3 Å². The average Bonchev–Trinajstić information content (AvgIpc) is 3.51. The second-order valence-corrected chi connectivity index (χ2v) is 8.74. The smallest absolute Gasteiger partial charge is 0.322 e. The van der Waals surface area contributed by atoms with Crippen molar-refractivity contribution in [2.75, 3.05) is 11.9 Å². The Balaban J connectivity index is 1.63. The monoisotopic (exact) mass is 438 g/mol. The lowest BCUT2D eigenvalue weighted by atomic mass is 10.1. The maximum Gasteiger partial charge on any atom is 0.322 e. The van der Waals surface area contributed by atoms with E-state index in [9.17, 15) is 14.7 Å². The third-order valence-electron chi connectivity index (χ3n) is 5.74. The number of hydrogen-bond acceptors (Lipinski definition) is 4. The number of nitrogens with zero attached hydrogens (tertiary/aromatic N) is 3. The lowest BCUT2D eigenvalue weighted by molar-refractivity contribution is 0.184. The molecule has 162 valence electrons. The van der Waals surface area contributed by atoms with E-state index in [2.05, 4.69) is 5.32 Å². The van der Waals surface area contributed by atoms with Crippen molar-refractivity contribution in [3.05, 3.63) is 80.9 Å². The van der Waals surface area contributed by atoms with Gasteiger partial charge >= 0.3 is 6.03 Å². The highest BCUT2D eigenvalue weighted by Crippen LogP contribution is 2.26. The molecule has 2 heterocycles. The Morgan fingerprint density at radius 3 is 2.65 bits per heavy atom. The zero-order chi connectivity index (χ0) is 22.0. The fourth-order valence-corrected chi connectivity index (χ4v) is 4.62. The minimum Gasteiger partial charge on any atom is -0.396 e. The fourth-order valence-electron chi connectivity index (χ4n) is 3.92. The number of benzene rings is 1. The number of carbonyl (C=O) groups excluding carboxylic acids is 1. The Hall–Kier alpha value is -3.10.